The van der Waals surface area contributed by atoms with E-state index < -0.39 is 5.92 Å². The third-order valence-corrected chi connectivity index (χ3v) is 4.49. The highest BCUT2D eigenvalue weighted by atomic mass is 19.3. The zero-order chi connectivity index (χ0) is 13.0. The number of alkyl halides is 2. The predicted molar refractivity (Wildman–Crippen MR) is 70.9 cm³/mol. The lowest BCUT2D eigenvalue weighted by molar-refractivity contribution is -0.0586. The zero-order valence-electron chi connectivity index (χ0n) is 11.6. The van der Waals surface area contributed by atoms with Crippen molar-refractivity contribution in [2.45, 2.75) is 76.7 Å². The normalized spacial score (nSPS) is 29.2. The summed E-state index contributed by atoms with van der Waals surface area (Å²) >= 11 is 0. The molecule has 0 aromatic rings. The molecule has 2 atom stereocenters. The Morgan fingerprint density at radius 1 is 1.28 bits per heavy atom. The minimum Gasteiger partial charge on any atom is -0.314 e. The van der Waals surface area contributed by atoms with Gasteiger partial charge in [-0.2, -0.15) is 0 Å². The molecule has 2 saturated carbocycles. The summed E-state index contributed by atoms with van der Waals surface area (Å²) in [5.41, 5.74) is 0. The van der Waals surface area contributed by atoms with Crippen LogP contribution in [0.5, 0.6) is 0 Å². The van der Waals surface area contributed by atoms with Gasteiger partial charge in [0.05, 0.1) is 0 Å². The summed E-state index contributed by atoms with van der Waals surface area (Å²) in [6.45, 7) is 3.11. The van der Waals surface area contributed by atoms with Crippen LogP contribution in [0.1, 0.15) is 64.7 Å². The van der Waals surface area contributed by atoms with Crippen molar-refractivity contribution in [1.82, 2.24) is 5.32 Å². The molecule has 0 heterocycles. The van der Waals surface area contributed by atoms with Gasteiger partial charge in [0.25, 0.3) is 0 Å². The van der Waals surface area contributed by atoms with E-state index in [1.54, 1.807) is 0 Å². The quantitative estimate of drug-likeness (QED) is 0.716. The van der Waals surface area contributed by atoms with Crippen molar-refractivity contribution in [3.8, 4) is 0 Å². The molecule has 0 spiro atoms. The molecular weight excluding hydrogens is 232 g/mol. The molecule has 0 aliphatic heterocycles. The lowest BCUT2D eigenvalue weighted by Gasteiger charge is -2.35. The van der Waals surface area contributed by atoms with Crippen LogP contribution in [0.3, 0.4) is 0 Å². The van der Waals surface area contributed by atoms with E-state index in [2.05, 4.69) is 12.2 Å². The fraction of sp³-hybridized carbons (Fsp3) is 1.00. The molecule has 18 heavy (non-hydrogen) atoms. The van der Waals surface area contributed by atoms with Gasteiger partial charge in [0, 0.05) is 18.9 Å². The van der Waals surface area contributed by atoms with Crippen molar-refractivity contribution in [3.63, 3.8) is 0 Å². The largest absolute Gasteiger partial charge is 0.314 e. The SMILES string of the molecule is CCCNC(CCC1CC1)C1CCCC(F)(F)C1. The average Bonchev–Trinajstić information content (AvgIpc) is 3.12. The van der Waals surface area contributed by atoms with E-state index in [9.17, 15) is 8.78 Å². The number of nitrogens with one attached hydrogen (secondary N) is 1. The Morgan fingerprint density at radius 2 is 2.06 bits per heavy atom. The first kappa shape index (κ1) is 14.2. The van der Waals surface area contributed by atoms with Gasteiger partial charge in [0.1, 0.15) is 0 Å². The maximum absolute atomic E-state index is 13.5. The maximum Gasteiger partial charge on any atom is 0.248 e. The average molecular weight is 259 g/mol. The highest BCUT2D eigenvalue weighted by molar-refractivity contribution is 4.87. The Bertz CT molecular complexity index is 251. The Hall–Kier alpha value is -0.180. The molecule has 2 aliphatic rings. The van der Waals surface area contributed by atoms with Crippen molar-refractivity contribution in [1.29, 1.82) is 0 Å². The van der Waals surface area contributed by atoms with Gasteiger partial charge in [0.2, 0.25) is 5.92 Å². The van der Waals surface area contributed by atoms with Crippen molar-refractivity contribution in [2.75, 3.05) is 6.54 Å². The van der Waals surface area contributed by atoms with Gasteiger partial charge in [-0.1, -0.05) is 19.8 Å². The Morgan fingerprint density at radius 3 is 2.67 bits per heavy atom. The molecule has 1 nitrogen and oxygen atoms in total. The Labute approximate surface area is 110 Å². The predicted octanol–water partition coefficient (Wildman–Crippen LogP) is 4.37. The minimum absolute atomic E-state index is 0.104. The summed E-state index contributed by atoms with van der Waals surface area (Å²) in [4.78, 5) is 0. The summed E-state index contributed by atoms with van der Waals surface area (Å²) in [6, 6.07) is 0.330. The fourth-order valence-corrected chi connectivity index (χ4v) is 3.21. The lowest BCUT2D eigenvalue weighted by atomic mass is 9.80. The summed E-state index contributed by atoms with van der Waals surface area (Å²) in [7, 11) is 0. The molecule has 0 saturated heterocycles. The minimum atomic E-state index is -2.41. The van der Waals surface area contributed by atoms with E-state index in [-0.39, 0.29) is 18.8 Å². The summed E-state index contributed by atoms with van der Waals surface area (Å²) in [5.74, 6) is -1.31. The molecule has 2 unspecified atom stereocenters. The van der Waals surface area contributed by atoms with Crippen LogP contribution in [0.25, 0.3) is 0 Å². The fourth-order valence-electron chi connectivity index (χ4n) is 3.21. The number of halogens is 2. The van der Waals surface area contributed by atoms with Gasteiger partial charge >= 0.3 is 0 Å². The molecule has 106 valence electrons. The summed E-state index contributed by atoms with van der Waals surface area (Å²) in [6.07, 6.45) is 8.05. The first-order valence-electron chi connectivity index (χ1n) is 7.72. The van der Waals surface area contributed by atoms with Gasteiger partial charge in [-0.3, -0.25) is 0 Å². The van der Waals surface area contributed by atoms with E-state index in [0.717, 1.165) is 31.7 Å². The Kier molecular flexibility index (Phi) is 4.99. The van der Waals surface area contributed by atoms with Gasteiger partial charge < -0.3 is 5.32 Å². The van der Waals surface area contributed by atoms with E-state index in [1.807, 2.05) is 0 Å². The molecule has 3 heteroatoms. The van der Waals surface area contributed by atoms with E-state index in [4.69, 9.17) is 0 Å². The van der Waals surface area contributed by atoms with Crippen molar-refractivity contribution in [2.24, 2.45) is 11.8 Å². The second-order valence-corrected chi connectivity index (χ2v) is 6.29. The third kappa shape index (κ3) is 4.49. The molecular formula is C15H27F2N. The highest BCUT2D eigenvalue weighted by Gasteiger charge is 2.39. The standard InChI is InChI=1S/C15H27F2N/c1-2-10-18-14(8-7-12-5-6-12)13-4-3-9-15(16,17)11-13/h12-14,18H,2-11H2,1H3. The molecule has 0 amide bonds. The zero-order valence-corrected chi connectivity index (χ0v) is 11.6. The molecule has 0 bridgehead atoms. The third-order valence-electron chi connectivity index (χ3n) is 4.49. The van der Waals surface area contributed by atoms with Crippen LogP contribution in [0.4, 0.5) is 8.78 Å². The monoisotopic (exact) mass is 259 g/mol. The first-order chi connectivity index (χ1) is 8.61. The molecule has 2 fully saturated rings. The van der Waals surface area contributed by atoms with E-state index in [0.29, 0.717) is 12.5 Å². The lowest BCUT2D eigenvalue weighted by Crippen LogP contribution is -2.41. The van der Waals surface area contributed by atoms with Gasteiger partial charge in [-0.05, 0) is 50.5 Å². The maximum atomic E-state index is 13.5. The van der Waals surface area contributed by atoms with Crippen LogP contribution in [-0.4, -0.2) is 18.5 Å². The Balaban J connectivity index is 1.84. The van der Waals surface area contributed by atoms with Crippen molar-refractivity contribution in [3.05, 3.63) is 0 Å². The summed E-state index contributed by atoms with van der Waals surface area (Å²) in [5, 5.41) is 3.53. The van der Waals surface area contributed by atoms with Crippen LogP contribution in [-0.2, 0) is 0 Å². The molecule has 2 aliphatic carbocycles. The van der Waals surface area contributed by atoms with Gasteiger partial charge in [-0.25, -0.2) is 8.78 Å². The highest BCUT2D eigenvalue weighted by Crippen LogP contribution is 2.40. The van der Waals surface area contributed by atoms with Gasteiger partial charge in [-0.15, -0.1) is 0 Å². The second-order valence-electron chi connectivity index (χ2n) is 6.29. The first-order valence-corrected chi connectivity index (χ1v) is 7.72. The molecule has 0 aromatic heterocycles. The molecule has 1 N–H and O–H groups in total. The summed E-state index contributed by atoms with van der Waals surface area (Å²) < 4.78 is 27.0. The number of hydrogen-bond donors (Lipinski definition) is 1. The van der Waals surface area contributed by atoms with Crippen LogP contribution in [0.2, 0.25) is 0 Å². The van der Waals surface area contributed by atoms with Crippen LogP contribution >= 0.6 is 0 Å². The number of hydrogen-bond acceptors (Lipinski definition) is 1. The van der Waals surface area contributed by atoms with Crippen molar-refractivity contribution < 1.29 is 8.78 Å². The molecule has 0 radical (unpaired) electrons. The molecule has 0 aromatic carbocycles. The van der Waals surface area contributed by atoms with Crippen LogP contribution in [0, 0.1) is 11.8 Å². The van der Waals surface area contributed by atoms with Crippen LogP contribution < -0.4 is 5.32 Å². The van der Waals surface area contributed by atoms with E-state index >= 15 is 0 Å². The van der Waals surface area contributed by atoms with Crippen molar-refractivity contribution >= 4 is 0 Å². The topological polar surface area (TPSA) is 12.0 Å². The van der Waals surface area contributed by atoms with E-state index in [1.165, 1.54) is 19.3 Å². The second kappa shape index (κ2) is 6.31. The van der Waals surface area contributed by atoms with Crippen LogP contribution in [0.15, 0.2) is 0 Å². The van der Waals surface area contributed by atoms with Gasteiger partial charge in [0.15, 0.2) is 0 Å². The molecule has 2 rings (SSSR count). The smallest absolute Gasteiger partial charge is 0.248 e. The number of rotatable bonds is 7.